The van der Waals surface area contributed by atoms with Crippen molar-refractivity contribution in [1.29, 1.82) is 0 Å². The van der Waals surface area contributed by atoms with Crippen LogP contribution in [0.2, 0.25) is 5.02 Å². The van der Waals surface area contributed by atoms with E-state index >= 15 is 0 Å². The third-order valence-corrected chi connectivity index (χ3v) is 3.77. The van der Waals surface area contributed by atoms with E-state index in [0.29, 0.717) is 29.5 Å². The second-order valence-electron chi connectivity index (χ2n) is 4.73. The van der Waals surface area contributed by atoms with Gasteiger partial charge in [0.2, 0.25) is 0 Å². The monoisotopic (exact) mass is 287 g/mol. The van der Waals surface area contributed by atoms with E-state index in [4.69, 9.17) is 11.6 Å². The van der Waals surface area contributed by atoms with Crippen LogP contribution in [0.4, 0.5) is 5.82 Å². The minimum absolute atomic E-state index is 0.0647. The van der Waals surface area contributed by atoms with Gasteiger partial charge in [0, 0.05) is 26.3 Å². The summed E-state index contributed by atoms with van der Waals surface area (Å²) in [5, 5.41) is 3.30. The Morgan fingerprint density at radius 2 is 1.95 bits per heavy atom. The Morgan fingerprint density at radius 1 is 1.30 bits per heavy atom. The smallest absolute Gasteiger partial charge is 0.256 e. The topological polar surface area (TPSA) is 45.2 Å². The van der Waals surface area contributed by atoms with Gasteiger partial charge in [-0.1, -0.05) is 35.9 Å². The summed E-state index contributed by atoms with van der Waals surface area (Å²) in [6.45, 7) is 1.26. The molecule has 3 rings (SSSR count). The van der Waals surface area contributed by atoms with Crippen LogP contribution in [0.5, 0.6) is 0 Å². The molecular formula is C15H14ClN3O. The molecule has 0 aliphatic carbocycles. The molecule has 20 heavy (non-hydrogen) atoms. The van der Waals surface area contributed by atoms with Crippen molar-refractivity contribution < 1.29 is 4.79 Å². The van der Waals surface area contributed by atoms with Gasteiger partial charge in [0.1, 0.15) is 5.82 Å². The molecule has 1 aromatic heterocycles. The molecule has 1 aliphatic heterocycles. The molecule has 0 bridgehead atoms. The fourth-order valence-corrected chi connectivity index (χ4v) is 2.57. The van der Waals surface area contributed by atoms with E-state index in [1.807, 2.05) is 12.1 Å². The van der Waals surface area contributed by atoms with Crippen LogP contribution in [0.3, 0.4) is 0 Å². The molecular weight excluding hydrogens is 274 g/mol. The molecule has 0 fully saturated rings. The molecule has 4 nitrogen and oxygen atoms in total. The summed E-state index contributed by atoms with van der Waals surface area (Å²) < 4.78 is 0. The first-order valence-corrected chi connectivity index (χ1v) is 6.76. The van der Waals surface area contributed by atoms with Crippen molar-refractivity contribution in [3.05, 3.63) is 58.2 Å². The molecule has 0 saturated heterocycles. The zero-order valence-electron chi connectivity index (χ0n) is 11.1. The molecule has 0 radical (unpaired) electrons. The van der Waals surface area contributed by atoms with Crippen molar-refractivity contribution in [2.45, 2.75) is 13.1 Å². The molecule has 0 spiro atoms. The second-order valence-corrected chi connectivity index (χ2v) is 5.14. The average molecular weight is 288 g/mol. The largest absolute Gasteiger partial charge is 0.373 e. The lowest BCUT2D eigenvalue weighted by molar-refractivity contribution is 0.0751. The van der Waals surface area contributed by atoms with E-state index in [0.717, 1.165) is 0 Å². The third kappa shape index (κ3) is 2.23. The summed E-state index contributed by atoms with van der Waals surface area (Å²) in [4.78, 5) is 18.5. The highest BCUT2D eigenvalue weighted by Gasteiger charge is 2.25. The maximum atomic E-state index is 12.6. The number of halogens is 1. The van der Waals surface area contributed by atoms with Gasteiger partial charge in [-0.25, -0.2) is 4.98 Å². The van der Waals surface area contributed by atoms with E-state index in [1.54, 1.807) is 18.0 Å². The number of nitrogens with one attached hydrogen (secondary N) is 1. The van der Waals surface area contributed by atoms with Crippen LogP contribution >= 0.6 is 11.6 Å². The predicted octanol–water partition coefficient (Wildman–Crippen LogP) is 2.93. The number of carbonyl (C=O) groups excluding carboxylic acids is 1. The molecule has 0 unspecified atom stereocenters. The maximum absolute atomic E-state index is 12.6. The van der Waals surface area contributed by atoms with Crippen molar-refractivity contribution in [2.24, 2.45) is 0 Å². The fourth-order valence-electron chi connectivity index (χ4n) is 2.39. The number of fused-ring (bicyclic) bond motifs is 1. The van der Waals surface area contributed by atoms with Gasteiger partial charge >= 0.3 is 0 Å². The fraction of sp³-hybridized carbons (Fsp3) is 0.200. The summed E-state index contributed by atoms with van der Waals surface area (Å²) in [5.74, 6) is 0.569. The molecule has 2 heterocycles. The molecule has 1 N–H and O–H groups in total. The lowest BCUT2D eigenvalue weighted by Crippen LogP contribution is -2.25. The lowest BCUT2D eigenvalue weighted by atomic mass is 10.1. The number of aromatic nitrogens is 1. The molecule has 2 aromatic rings. The summed E-state index contributed by atoms with van der Waals surface area (Å²) in [5.41, 5.74) is 2.87. The SMILES string of the molecule is CNc1cc(C(=O)N2Cc3ccccc3C2)c(Cl)cn1. The van der Waals surface area contributed by atoms with Crippen LogP contribution in [0.1, 0.15) is 21.5 Å². The number of hydrogen-bond donors (Lipinski definition) is 1. The highest BCUT2D eigenvalue weighted by atomic mass is 35.5. The van der Waals surface area contributed by atoms with Gasteiger partial charge in [0.15, 0.2) is 0 Å². The van der Waals surface area contributed by atoms with Crippen LogP contribution in [0.25, 0.3) is 0 Å². The van der Waals surface area contributed by atoms with Gasteiger partial charge in [-0.2, -0.15) is 0 Å². The quantitative estimate of drug-likeness (QED) is 0.924. The van der Waals surface area contributed by atoms with Crippen LogP contribution in [-0.2, 0) is 13.1 Å². The van der Waals surface area contributed by atoms with Gasteiger partial charge in [0.05, 0.1) is 10.6 Å². The normalized spacial score (nSPS) is 13.2. The number of pyridine rings is 1. The number of anilines is 1. The van der Waals surface area contributed by atoms with E-state index < -0.39 is 0 Å². The molecule has 1 aliphatic rings. The van der Waals surface area contributed by atoms with E-state index in [-0.39, 0.29) is 5.91 Å². The summed E-state index contributed by atoms with van der Waals surface area (Å²) >= 11 is 6.10. The Bertz CT molecular complexity index is 647. The summed E-state index contributed by atoms with van der Waals surface area (Å²) in [6.07, 6.45) is 1.50. The lowest BCUT2D eigenvalue weighted by Gasteiger charge is -2.16. The molecule has 1 aromatic carbocycles. The zero-order valence-corrected chi connectivity index (χ0v) is 11.8. The average Bonchev–Trinajstić information content (AvgIpc) is 2.91. The number of carbonyl (C=O) groups is 1. The molecule has 0 atom stereocenters. The zero-order chi connectivity index (χ0) is 14.1. The third-order valence-electron chi connectivity index (χ3n) is 3.47. The van der Waals surface area contributed by atoms with Crippen molar-refractivity contribution in [1.82, 2.24) is 9.88 Å². The minimum atomic E-state index is -0.0647. The Labute approximate surface area is 122 Å². The number of amides is 1. The molecule has 0 saturated carbocycles. The standard InChI is InChI=1S/C15H14ClN3O/c1-17-14-6-12(13(16)7-18-14)15(20)19-8-10-4-2-3-5-11(10)9-19/h2-7H,8-9H2,1H3,(H,17,18). The van der Waals surface area contributed by atoms with Crippen LogP contribution < -0.4 is 5.32 Å². The molecule has 102 valence electrons. The number of rotatable bonds is 2. The number of hydrogen-bond acceptors (Lipinski definition) is 3. The van der Waals surface area contributed by atoms with Crippen LogP contribution in [0.15, 0.2) is 36.5 Å². The second kappa shape index (κ2) is 5.13. The van der Waals surface area contributed by atoms with Gasteiger partial charge in [-0.05, 0) is 17.2 Å². The highest BCUT2D eigenvalue weighted by Crippen LogP contribution is 2.26. The van der Waals surface area contributed by atoms with Crippen LogP contribution in [-0.4, -0.2) is 22.8 Å². The van der Waals surface area contributed by atoms with Crippen molar-refractivity contribution in [3.63, 3.8) is 0 Å². The van der Waals surface area contributed by atoms with Gasteiger partial charge in [-0.3, -0.25) is 4.79 Å². The number of nitrogens with zero attached hydrogens (tertiary/aromatic N) is 2. The Morgan fingerprint density at radius 3 is 2.55 bits per heavy atom. The van der Waals surface area contributed by atoms with Gasteiger partial charge in [-0.15, -0.1) is 0 Å². The van der Waals surface area contributed by atoms with Crippen LogP contribution in [0, 0.1) is 0 Å². The van der Waals surface area contributed by atoms with E-state index in [2.05, 4.69) is 22.4 Å². The van der Waals surface area contributed by atoms with E-state index in [9.17, 15) is 4.79 Å². The molecule has 1 amide bonds. The van der Waals surface area contributed by atoms with Crippen molar-refractivity contribution in [3.8, 4) is 0 Å². The van der Waals surface area contributed by atoms with Crippen molar-refractivity contribution in [2.75, 3.05) is 12.4 Å². The highest BCUT2D eigenvalue weighted by molar-refractivity contribution is 6.33. The Balaban J connectivity index is 1.88. The first-order valence-electron chi connectivity index (χ1n) is 6.38. The Kier molecular flexibility index (Phi) is 3.32. The van der Waals surface area contributed by atoms with E-state index in [1.165, 1.54) is 17.3 Å². The van der Waals surface area contributed by atoms with Gasteiger partial charge < -0.3 is 10.2 Å². The minimum Gasteiger partial charge on any atom is -0.373 e. The van der Waals surface area contributed by atoms with Crippen molar-refractivity contribution >= 4 is 23.3 Å². The molecule has 5 heteroatoms. The summed E-state index contributed by atoms with van der Waals surface area (Å²) in [7, 11) is 1.76. The predicted molar refractivity (Wildman–Crippen MR) is 78.8 cm³/mol. The van der Waals surface area contributed by atoms with Gasteiger partial charge in [0.25, 0.3) is 5.91 Å². The number of benzene rings is 1. The first kappa shape index (κ1) is 12.9. The maximum Gasteiger partial charge on any atom is 0.256 e. The Hall–Kier alpha value is -2.07. The first-order chi connectivity index (χ1) is 9.69. The summed E-state index contributed by atoms with van der Waals surface area (Å²) in [6, 6.07) is 9.77.